The summed E-state index contributed by atoms with van der Waals surface area (Å²) < 4.78 is 62.2. The van der Waals surface area contributed by atoms with E-state index in [0.717, 1.165) is 11.3 Å². The van der Waals surface area contributed by atoms with Crippen molar-refractivity contribution >= 4 is 66.5 Å². The Balaban J connectivity index is 1.49. The lowest BCUT2D eigenvalue weighted by Gasteiger charge is -2.51. The number of anilines is 3. The molecular formula is C29H27ClF3N7O2S. The number of nitrogens with two attached hydrogens (primary N) is 1. The molecule has 14 heteroatoms. The molecule has 1 fully saturated rings. The number of benzene rings is 2. The minimum atomic E-state index is -1.05. The van der Waals surface area contributed by atoms with Crippen LogP contribution in [0.1, 0.15) is 1.37 Å². The van der Waals surface area contributed by atoms with Crippen LogP contribution in [0.3, 0.4) is 0 Å². The predicted octanol–water partition coefficient (Wildman–Crippen LogP) is 4.51. The molecule has 43 heavy (non-hydrogen) atoms. The van der Waals surface area contributed by atoms with Crippen LogP contribution in [0.15, 0.2) is 24.8 Å². The molecule has 1 saturated heterocycles. The predicted molar refractivity (Wildman–Crippen MR) is 163 cm³/mol. The first-order valence-electron chi connectivity index (χ1n) is 14.1. The molecule has 3 aliphatic rings. The summed E-state index contributed by atoms with van der Waals surface area (Å²) in [4.78, 5) is 28.8. The van der Waals surface area contributed by atoms with Crippen molar-refractivity contribution in [2.24, 2.45) is 0 Å². The van der Waals surface area contributed by atoms with Gasteiger partial charge in [-0.05, 0) is 26.2 Å². The number of rotatable bonds is 4. The molecule has 2 N–H and O–H groups in total. The minimum absolute atomic E-state index is 0.0123. The van der Waals surface area contributed by atoms with Crippen molar-refractivity contribution in [2.75, 3.05) is 68.9 Å². The number of thiazole rings is 1. The Kier molecular flexibility index (Phi) is 6.31. The van der Waals surface area contributed by atoms with Crippen LogP contribution in [0.25, 0.3) is 32.2 Å². The number of carbonyl (C=O) groups excluding carboxylic acids is 1. The number of pyridine rings is 1. The summed E-state index contributed by atoms with van der Waals surface area (Å²) in [7, 11) is 3.83. The average Bonchev–Trinajstić information content (AvgIpc) is 3.35. The van der Waals surface area contributed by atoms with Gasteiger partial charge in [0.1, 0.15) is 28.9 Å². The van der Waals surface area contributed by atoms with E-state index >= 15 is 8.78 Å². The Morgan fingerprint density at radius 1 is 1.21 bits per heavy atom. The summed E-state index contributed by atoms with van der Waals surface area (Å²) >= 11 is 7.56. The number of amides is 1. The van der Waals surface area contributed by atoms with Gasteiger partial charge in [-0.1, -0.05) is 29.5 Å². The molecule has 2 aromatic heterocycles. The lowest BCUT2D eigenvalue weighted by Crippen LogP contribution is -2.62. The molecule has 1 amide bonds. The summed E-state index contributed by atoms with van der Waals surface area (Å²) in [6.45, 7) is 4.66. The van der Waals surface area contributed by atoms with E-state index in [1.807, 2.05) is 23.9 Å². The number of aromatic nitrogens is 2. The third-order valence-electron chi connectivity index (χ3n) is 8.01. The zero-order chi connectivity index (χ0) is 31.2. The molecule has 0 bridgehead atoms. The standard InChI is InChI=1S/C29H27ClF3N7O2S/c1-4-19(41)38-5-6-40-13(9-38)10-39-12-14(11-37(2)3)42-28-26(39)25(40)15-7-16(30)20(22(33)23(15)35-28)21-17(31)8-18(32)27-24(21)36-29(34)43-27/h4,7-8,13-14H,1,5-6,9-12H2,2-3H3,(H2,34,36)/t13-,14-/m0/s1/i6D/t6?,13-,14-. The number of likely N-dealkylation sites (N-methyl/N-ethyl adjacent to an activating group) is 1. The number of halogens is 4. The topological polar surface area (TPSA) is 91.1 Å². The van der Waals surface area contributed by atoms with Crippen molar-refractivity contribution in [1.82, 2.24) is 19.8 Å². The molecule has 4 aromatic rings. The van der Waals surface area contributed by atoms with Crippen molar-refractivity contribution in [3.63, 3.8) is 0 Å². The van der Waals surface area contributed by atoms with Crippen LogP contribution in [-0.2, 0) is 4.79 Å². The van der Waals surface area contributed by atoms with Gasteiger partial charge in [0.15, 0.2) is 10.9 Å². The Labute approximate surface area is 255 Å². The van der Waals surface area contributed by atoms with Gasteiger partial charge < -0.3 is 30.1 Å². The first-order valence-corrected chi connectivity index (χ1v) is 14.7. The third kappa shape index (κ3) is 4.35. The van der Waals surface area contributed by atoms with Gasteiger partial charge >= 0.3 is 0 Å². The van der Waals surface area contributed by atoms with Crippen LogP contribution >= 0.6 is 22.9 Å². The fraction of sp³-hybridized carbons (Fsp3) is 0.345. The van der Waals surface area contributed by atoms with Gasteiger partial charge in [-0.15, -0.1) is 0 Å². The smallest absolute Gasteiger partial charge is 0.246 e. The zero-order valence-corrected chi connectivity index (χ0v) is 24.8. The molecule has 0 saturated carbocycles. The molecule has 9 nitrogen and oxygen atoms in total. The van der Waals surface area contributed by atoms with E-state index in [1.54, 1.807) is 4.90 Å². The number of carbonyl (C=O) groups is 1. The largest absolute Gasteiger partial charge is 0.470 e. The van der Waals surface area contributed by atoms with Crippen LogP contribution < -0.4 is 20.3 Å². The summed E-state index contributed by atoms with van der Waals surface area (Å²) in [5.74, 6) is -2.96. The maximum Gasteiger partial charge on any atom is 0.246 e. The minimum Gasteiger partial charge on any atom is -0.470 e. The highest BCUT2D eigenvalue weighted by Gasteiger charge is 2.43. The van der Waals surface area contributed by atoms with Crippen LogP contribution in [-0.4, -0.2) is 91.2 Å². The molecule has 0 spiro atoms. The molecule has 5 heterocycles. The summed E-state index contributed by atoms with van der Waals surface area (Å²) in [6, 6.07) is 1.83. The van der Waals surface area contributed by atoms with Gasteiger partial charge in [0.25, 0.3) is 0 Å². The van der Waals surface area contributed by atoms with Crippen molar-refractivity contribution in [3.8, 4) is 17.0 Å². The summed E-state index contributed by atoms with van der Waals surface area (Å²) in [6.07, 6.45) is 0.918. The fourth-order valence-electron chi connectivity index (χ4n) is 6.34. The fourth-order valence-corrected chi connectivity index (χ4v) is 7.38. The Morgan fingerprint density at radius 3 is 2.74 bits per heavy atom. The van der Waals surface area contributed by atoms with E-state index in [9.17, 15) is 9.18 Å². The molecule has 2 aromatic carbocycles. The second kappa shape index (κ2) is 10.1. The average molecular weight is 631 g/mol. The maximum absolute atomic E-state index is 16.8. The number of nitrogens with zero attached hydrogens (tertiary/aromatic N) is 6. The van der Waals surface area contributed by atoms with Gasteiger partial charge in [-0.2, -0.15) is 0 Å². The van der Waals surface area contributed by atoms with Crippen molar-refractivity contribution < 1.29 is 24.1 Å². The quantitative estimate of drug-likeness (QED) is 0.330. The molecule has 224 valence electrons. The number of ether oxygens (including phenoxy) is 1. The van der Waals surface area contributed by atoms with Gasteiger partial charge in [0.05, 0.1) is 34.9 Å². The Hall–Kier alpha value is -3.81. The van der Waals surface area contributed by atoms with E-state index in [1.165, 1.54) is 12.1 Å². The highest BCUT2D eigenvalue weighted by Crippen LogP contribution is 2.51. The van der Waals surface area contributed by atoms with E-state index in [4.69, 9.17) is 23.4 Å². The molecule has 0 aliphatic carbocycles. The summed E-state index contributed by atoms with van der Waals surface area (Å²) in [5.41, 5.74) is 5.97. The maximum atomic E-state index is 16.8. The zero-order valence-electron chi connectivity index (χ0n) is 24.2. The second-order valence-electron chi connectivity index (χ2n) is 11.1. The van der Waals surface area contributed by atoms with Crippen LogP contribution in [0.5, 0.6) is 5.88 Å². The highest BCUT2D eigenvalue weighted by molar-refractivity contribution is 7.22. The molecular weight excluding hydrogens is 603 g/mol. The SMILES string of the molecule is [2H]C1CN(C(=O)C=C)C[C@H]2CN3C[C@H](CN(C)C)Oc4nc5c(F)c(-c6c(F)cc(F)c7sc(N)nc67)c(Cl)cc5c(c43)N12. The van der Waals surface area contributed by atoms with Crippen LogP contribution in [0.2, 0.25) is 5.02 Å². The molecule has 3 atom stereocenters. The molecule has 7 rings (SSSR count). The molecule has 3 aliphatic heterocycles. The number of fused-ring (bicyclic) bond motifs is 5. The van der Waals surface area contributed by atoms with Crippen LogP contribution in [0, 0.1) is 17.5 Å². The van der Waals surface area contributed by atoms with Crippen molar-refractivity contribution in [3.05, 3.63) is 47.3 Å². The van der Waals surface area contributed by atoms with Crippen molar-refractivity contribution in [1.29, 1.82) is 0 Å². The molecule has 0 radical (unpaired) electrons. The Bertz CT molecular complexity index is 1890. The van der Waals surface area contributed by atoms with Gasteiger partial charge in [0, 0.05) is 55.3 Å². The van der Waals surface area contributed by atoms with E-state index in [2.05, 4.69) is 21.4 Å². The normalized spacial score (nSPS) is 21.6. The second-order valence-corrected chi connectivity index (χ2v) is 12.5. The van der Waals surface area contributed by atoms with Gasteiger partial charge in [-0.3, -0.25) is 4.79 Å². The molecule has 1 unspecified atom stereocenters. The van der Waals surface area contributed by atoms with E-state index in [0.29, 0.717) is 49.0 Å². The first-order chi connectivity index (χ1) is 21.0. The highest BCUT2D eigenvalue weighted by atomic mass is 35.5. The van der Waals surface area contributed by atoms with E-state index in [-0.39, 0.29) is 67.5 Å². The number of hydrogen-bond acceptors (Lipinski definition) is 9. The third-order valence-corrected chi connectivity index (χ3v) is 9.20. The lowest BCUT2D eigenvalue weighted by molar-refractivity contribution is -0.126. The monoisotopic (exact) mass is 630 g/mol. The number of piperazine rings is 1. The number of nitrogen functional groups attached to an aromatic ring is 1. The van der Waals surface area contributed by atoms with Gasteiger partial charge in [-0.25, -0.2) is 23.1 Å². The summed E-state index contributed by atoms with van der Waals surface area (Å²) in [5, 5.41) is 0.141. The Morgan fingerprint density at radius 2 is 2.00 bits per heavy atom. The van der Waals surface area contributed by atoms with Crippen molar-refractivity contribution in [2.45, 2.75) is 12.1 Å². The lowest BCUT2D eigenvalue weighted by atomic mass is 9.96. The number of hydrogen-bond donors (Lipinski definition) is 1. The van der Waals surface area contributed by atoms with Gasteiger partial charge in [0.2, 0.25) is 11.8 Å². The first kappa shape index (κ1) is 26.8. The van der Waals surface area contributed by atoms with E-state index < -0.39 is 24.0 Å². The van der Waals surface area contributed by atoms with Crippen LogP contribution in [0.4, 0.5) is 29.7 Å².